The molecule has 6 atom stereocenters. The summed E-state index contributed by atoms with van der Waals surface area (Å²) in [5.74, 6) is 0. The van der Waals surface area contributed by atoms with E-state index in [0.717, 1.165) is 45.0 Å². The molecule has 0 aromatic rings. The largest absolute Gasteiger partial charge is 0.370 e. The van der Waals surface area contributed by atoms with Crippen LogP contribution in [0.3, 0.4) is 0 Å². The number of likely N-dealkylation sites (tertiary alicyclic amines) is 2. The van der Waals surface area contributed by atoms with Crippen LogP contribution in [0.5, 0.6) is 0 Å². The molecule has 0 amide bonds. The molecule has 6 aliphatic heterocycles. The number of nitrogens with one attached hydrogen (secondary N) is 1. The summed E-state index contributed by atoms with van der Waals surface area (Å²) in [6.07, 6.45) is 1.54. The van der Waals surface area contributed by atoms with E-state index >= 15 is 0 Å². The normalized spacial score (nSPS) is 37.4. The van der Waals surface area contributed by atoms with Crippen LogP contribution in [0.4, 0.5) is 0 Å². The molecule has 0 spiro atoms. The molecule has 6 heterocycles. The average molecular weight is 600 g/mol. The van der Waals surface area contributed by atoms with Crippen molar-refractivity contribution >= 4 is 0 Å². The topological polar surface area (TPSA) is 73.9 Å². The second kappa shape index (κ2) is 14.1. The highest BCUT2D eigenvalue weighted by Gasteiger charge is 2.47. The van der Waals surface area contributed by atoms with E-state index < -0.39 is 0 Å². The summed E-state index contributed by atoms with van der Waals surface area (Å²) >= 11 is 0. The second-order valence-corrected chi connectivity index (χ2v) is 15.7. The molecular weight excluding hydrogens is 534 g/mol. The van der Waals surface area contributed by atoms with Gasteiger partial charge in [0.05, 0.1) is 0 Å². The van der Waals surface area contributed by atoms with Gasteiger partial charge >= 0.3 is 0 Å². The maximum Gasteiger partial charge on any atom is 0.163 e. The SMILES string of the molecule is C.C.C=C(C)N1CC2OC(C(C)(C)C)OC2C1.CC(C)(C)C1OC2CNCC2O1.CN1CC2OC(C(C)(C)C)OC2C1. The van der Waals surface area contributed by atoms with Crippen molar-refractivity contribution in [1.82, 2.24) is 15.1 Å². The van der Waals surface area contributed by atoms with Gasteiger partial charge < -0.3 is 43.5 Å². The molecule has 0 aromatic carbocycles. The van der Waals surface area contributed by atoms with Crippen LogP contribution >= 0.6 is 0 Å². The monoisotopic (exact) mass is 599 g/mol. The van der Waals surface area contributed by atoms with Gasteiger partial charge in [-0.25, -0.2) is 0 Å². The van der Waals surface area contributed by atoms with E-state index in [9.17, 15) is 0 Å². The number of fused-ring (bicyclic) bond motifs is 3. The lowest BCUT2D eigenvalue weighted by Gasteiger charge is -2.28. The molecule has 0 bridgehead atoms. The molecule has 1 N–H and O–H groups in total. The van der Waals surface area contributed by atoms with E-state index in [-0.39, 0.29) is 74.4 Å². The summed E-state index contributed by atoms with van der Waals surface area (Å²) in [6, 6.07) is 0. The Morgan fingerprint density at radius 1 is 0.571 bits per heavy atom. The van der Waals surface area contributed by atoms with Gasteiger partial charge in [-0.2, -0.15) is 0 Å². The quantitative estimate of drug-likeness (QED) is 0.443. The van der Waals surface area contributed by atoms with Gasteiger partial charge in [-0.05, 0) is 14.0 Å². The lowest BCUT2D eigenvalue weighted by Crippen LogP contribution is -2.31. The summed E-state index contributed by atoms with van der Waals surface area (Å²) in [7, 11) is 2.11. The number of ether oxygens (including phenoxy) is 6. The first-order chi connectivity index (χ1) is 18.4. The van der Waals surface area contributed by atoms with Crippen LogP contribution in [0.2, 0.25) is 0 Å². The van der Waals surface area contributed by atoms with Gasteiger partial charge in [-0.1, -0.05) is 83.7 Å². The fraction of sp³-hybridized carbons (Fsp3) is 0.939. The summed E-state index contributed by atoms with van der Waals surface area (Å²) in [5.41, 5.74) is 1.37. The van der Waals surface area contributed by atoms with Gasteiger partial charge in [0.25, 0.3) is 0 Å². The minimum atomic E-state index is -0.0558. The summed E-state index contributed by atoms with van der Waals surface area (Å²) in [4.78, 5) is 4.49. The molecular formula is C33H65N3O6. The van der Waals surface area contributed by atoms with Gasteiger partial charge in [-0.15, -0.1) is 0 Å². The molecule has 248 valence electrons. The van der Waals surface area contributed by atoms with Gasteiger partial charge in [0.2, 0.25) is 0 Å². The van der Waals surface area contributed by atoms with Crippen molar-refractivity contribution in [2.24, 2.45) is 16.2 Å². The fourth-order valence-electron chi connectivity index (χ4n) is 5.68. The number of hydrogen-bond acceptors (Lipinski definition) is 9. The van der Waals surface area contributed by atoms with E-state index in [1.54, 1.807) is 0 Å². The molecule has 0 radical (unpaired) electrons. The first kappa shape index (κ1) is 37.4. The third-order valence-electron chi connectivity index (χ3n) is 8.17. The predicted octanol–water partition coefficient (Wildman–Crippen LogP) is 5.10. The van der Waals surface area contributed by atoms with E-state index in [1.807, 2.05) is 6.92 Å². The van der Waals surface area contributed by atoms with Crippen molar-refractivity contribution in [3.05, 3.63) is 12.3 Å². The van der Waals surface area contributed by atoms with Crippen molar-refractivity contribution in [2.75, 3.05) is 46.3 Å². The molecule has 42 heavy (non-hydrogen) atoms. The molecule has 6 rings (SSSR count). The van der Waals surface area contributed by atoms with Gasteiger partial charge in [0, 0.05) is 61.2 Å². The van der Waals surface area contributed by atoms with Gasteiger partial charge in [0.15, 0.2) is 18.9 Å². The van der Waals surface area contributed by atoms with Crippen molar-refractivity contribution < 1.29 is 28.4 Å². The lowest BCUT2D eigenvalue weighted by molar-refractivity contribution is -0.139. The Morgan fingerprint density at radius 2 is 0.857 bits per heavy atom. The third-order valence-corrected chi connectivity index (χ3v) is 8.17. The van der Waals surface area contributed by atoms with Crippen LogP contribution in [0, 0.1) is 16.2 Å². The highest BCUT2D eigenvalue weighted by Crippen LogP contribution is 2.37. The Morgan fingerprint density at radius 3 is 1.14 bits per heavy atom. The van der Waals surface area contributed by atoms with Crippen LogP contribution in [-0.4, -0.2) is 112 Å². The second-order valence-electron chi connectivity index (χ2n) is 15.7. The zero-order chi connectivity index (χ0) is 29.6. The van der Waals surface area contributed by atoms with E-state index in [4.69, 9.17) is 28.4 Å². The fourth-order valence-corrected chi connectivity index (χ4v) is 5.68. The van der Waals surface area contributed by atoms with E-state index in [0.29, 0.717) is 12.2 Å². The van der Waals surface area contributed by atoms with Crippen LogP contribution in [0.25, 0.3) is 0 Å². The van der Waals surface area contributed by atoms with Crippen LogP contribution in [0.1, 0.15) is 84.1 Å². The third kappa shape index (κ3) is 9.13. The van der Waals surface area contributed by atoms with Gasteiger partial charge in [0.1, 0.15) is 36.6 Å². The summed E-state index contributed by atoms with van der Waals surface area (Å²) < 4.78 is 35.1. The van der Waals surface area contributed by atoms with Gasteiger partial charge in [-0.3, -0.25) is 0 Å². The summed E-state index contributed by atoms with van der Waals surface area (Å²) in [5, 5.41) is 3.25. The number of nitrogens with zero attached hydrogens (tertiary/aromatic N) is 2. The molecule has 0 aliphatic carbocycles. The number of likely N-dealkylation sites (N-methyl/N-ethyl adjacent to an activating group) is 1. The highest BCUT2D eigenvalue weighted by atomic mass is 16.7. The Bertz CT molecular complexity index is 825. The standard InChI is InChI=1S/C12H21NO2.C10H19NO2.C9H17NO2.2CH4/c1-8(2)13-6-9-10(7-13)15-11(14-9)12(3,4)5;1-10(2,3)9-12-7-5-11(4)6-8(7)13-9;1-9(2,3)8-11-6-4-10-5-7(6)12-8;;/h9-11H,1,6-7H2,2-5H3;7-9H,5-6H2,1-4H3;6-8,10H,4-5H2,1-3H3;2*1H4. The Balaban J connectivity index is 0.000000216. The summed E-state index contributed by atoms with van der Waals surface area (Å²) in [6.45, 7) is 31.1. The zero-order valence-electron chi connectivity index (χ0n) is 27.0. The van der Waals surface area contributed by atoms with E-state index in [2.05, 4.69) is 91.1 Å². The highest BCUT2D eigenvalue weighted by molar-refractivity contribution is 5.01. The van der Waals surface area contributed by atoms with Crippen molar-refractivity contribution in [1.29, 1.82) is 0 Å². The lowest BCUT2D eigenvalue weighted by atomic mass is 9.96. The molecule has 6 saturated heterocycles. The molecule has 6 aliphatic rings. The molecule has 0 aromatic heterocycles. The minimum absolute atomic E-state index is 0. The molecule has 9 heteroatoms. The number of hydrogen-bond donors (Lipinski definition) is 1. The Hall–Kier alpha value is -0.780. The van der Waals surface area contributed by atoms with Crippen molar-refractivity contribution in [3.8, 4) is 0 Å². The average Bonchev–Trinajstić information content (AvgIpc) is 3.57. The van der Waals surface area contributed by atoms with Crippen LogP contribution < -0.4 is 5.32 Å². The first-order valence-electron chi connectivity index (χ1n) is 15.1. The van der Waals surface area contributed by atoms with E-state index in [1.165, 1.54) is 0 Å². The van der Waals surface area contributed by atoms with Crippen LogP contribution in [-0.2, 0) is 28.4 Å². The zero-order valence-corrected chi connectivity index (χ0v) is 27.0. The molecule has 6 fully saturated rings. The maximum atomic E-state index is 5.93. The number of rotatable bonds is 1. The molecule has 0 saturated carbocycles. The molecule has 6 unspecified atom stereocenters. The van der Waals surface area contributed by atoms with Crippen molar-refractivity contribution in [2.45, 2.75) is 140 Å². The Labute approximate surface area is 257 Å². The minimum Gasteiger partial charge on any atom is -0.370 e. The maximum absolute atomic E-state index is 5.93. The Kier molecular flexibility index (Phi) is 12.6. The smallest absolute Gasteiger partial charge is 0.163 e. The predicted molar refractivity (Wildman–Crippen MR) is 169 cm³/mol. The van der Waals surface area contributed by atoms with Crippen molar-refractivity contribution in [3.63, 3.8) is 0 Å². The van der Waals surface area contributed by atoms with Crippen LogP contribution in [0.15, 0.2) is 12.3 Å². The first-order valence-corrected chi connectivity index (χ1v) is 15.1. The molecule has 9 nitrogen and oxygen atoms in total. The number of allylic oxidation sites excluding steroid dienone is 1.